The van der Waals surface area contributed by atoms with Crippen LogP contribution in [0.5, 0.6) is 5.75 Å². The molecule has 0 saturated carbocycles. The summed E-state index contributed by atoms with van der Waals surface area (Å²) in [5, 5.41) is 8.92. The van der Waals surface area contributed by atoms with Crippen LogP contribution in [0.4, 0.5) is 0 Å². The second-order valence-electron chi connectivity index (χ2n) is 3.95. The first-order valence-corrected chi connectivity index (χ1v) is 5.92. The van der Waals surface area contributed by atoms with Crippen LogP contribution >= 0.6 is 11.6 Å². The predicted molar refractivity (Wildman–Crippen MR) is 69.6 cm³/mol. The van der Waals surface area contributed by atoms with Crippen LogP contribution < -0.4 is 4.74 Å². The van der Waals surface area contributed by atoms with E-state index in [0.717, 1.165) is 5.56 Å². The Labute approximate surface area is 112 Å². The zero-order valence-corrected chi connectivity index (χ0v) is 11.2. The predicted octanol–water partition coefficient (Wildman–Crippen LogP) is 2.40. The van der Waals surface area contributed by atoms with Crippen LogP contribution in [0.15, 0.2) is 18.2 Å². The van der Waals surface area contributed by atoms with E-state index < -0.39 is 0 Å². The molecule has 5 heteroatoms. The van der Waals surface area contributed by atoms with Gasteiger partial charge in [-0.15, -0.1) is 0 Å². The molecule has 0 atom stereocenters. The minimum absolute atomic E-state index is 0.0787. The highest BCUT2D eigenvalue weighted by atomic mass is 35.5. The van der Waals surface area contributed by atoms with Gasteiger partial charge in [0.15, 0.2) is 6.61 Å². The Morgan fingerprint density at radius 3 is 2.89 bits per heavy atom. The Kier molecular flexibility index (Phi) is 5.47. The molecule has 1 amide bonds. The summed E-state index contributed by atoms with van der Waals surface area (Å²) in [6.07, 6.45) is 0.313. The summed E-state index contributed by atoms with van der Waals surface area (Å²) in [5.74, 6) is 0.311. The van der Waals surface area contributed by atoms with Gasteiger partial charge >= 0.3 is 0 Å². The van der Waals surface area contributed by atoms with E-state index in [1.54, 1.807) is 19.2 Å². The molecule has 0 unspecified atom stereocenters. The molecule has 0 bridgehead atoms. The fourth-order valence-electron chi connectivity index (χ4n) is 1.32. The molecule has 1 rings (SSSR count). The maximum absolute atomic E-state index is 11.6. The third-order valence-corrected chi connectivity index (χ3v) is 2.72. The van der Waals surface area contributed by atoms with Crippen molar-refractivity contribution < 1.29 is 9.53 Å². The maximum atomic E-state index is 11.6. The third-order valence-electron chi connectivity index (χ3n) is 2.42. The lowest BCUT2D eigenvalue weighted by atomic mass is 10.2. The van der Waals surface area contributed by atoms with Crippen molar-refractivity contribution in [2.45, 2.75) is 13.3 Å². The number of nitriles is 1. The highest BCUT2D eigenvalue weighted by molar-refractivity contribution is 6.32. The normalized spacial score (nSPS) is 9.67. The van der Waals surface area contributed by atoms with Crippen LogP contribution in [-0.4, -0.2) is 31.0 Å². The average Bonchev–Trinajstić information content (AvgIpc) is 2.34. The molecule has 0 aromatic heterocycles. The first-order valence-electron chi connectivity index (χ1n) is 5.54. The molecular weight excluding hydrogens is 252 g/mol. The lowest BCUT2D eigenvalue weighted by Crippen LogP contribution is -2.32. The monoisotopic (exact) mass is 266 g/mol. The van der Waals surface area contributed by atoms with Gasteiger partial charge in [-0.25, -0.2) is 0 Å². The Bertz CT molecular complexity index is 469. The van der Waals surface area contributed by atoms with Crippen molar-refractivity contribution in [1.82, 2.24) is 4.90 Å². The van der Waals surface area contributed by atoms with E-state index in [4.69, 9.17) is 21.6 Å². The van der Waals surface area contributed by atoms with Crippen molar-refractivity contribution >= 4 is 17.5 Å². The Morgan fingerprint density at radius 1 is 1.56 bits per heavy atom. The van der Waals surface area contributed by atoms with Crippen LogP contribution in [0.25, 0.3) is 0 Å². The molecule has 0 aliphatic heterocycles. The first kappa shape index (κ1) is 14.3. The fourth-order valence-corrected chi connectivity index (χ4v) is 1.60. The van der Waals surface area contributed by atoms with Crippen LogP contribution in [-0.2, 0) is 4.79 Å². The Hall–Kier alpha value is -1.73. The summed E-state index contributed by atoms with van der Waals surface area (Å²) < 4.78 is 5.35. The molecule has 0 radical (unpaired) electrons. The van der Waals surface area contributed by atoms with E-state index >= 15 is 0 Å². The van der Waals surface area contributed by atoms with Crippen molar-refractivity contribution in [3.05, 3.63) is 28.8 Å². The minimum Gasteiger partial charge on any atom is -0.482 e. The van der Waals surface area contributed by atoms with Crippen molar-refractivity contribution in [3.8, 4) is 11.8 Å². The lowest BCUT2D eigenvalue weighted by molar-refractivity contribution is -0.131. The number of amides is 1. The molecule has 1 aromatic carbocycles. The van der Waals surface area contributed by atoms with Crippen molar-refractivity contribution in [3.63, 3.8) is 0 Å². The van der Waals surface area contributed by atoms with E-state index in [-0.39, 0.29) is 12.5 Å². The molecule has 18 heavy (non-hydrogen) atoms. The quantitative estimate of drug-likeness (QED) is 0.822. The third kappa shape index (κ3) is 4.27. The number of nitrogens with zero attached hydrogens (tertiary/aromatic N) is 2. The van der Waals surface area contributed by atoms with Gasteiger partial charge in [0.05, 0.1) is 17.5 Å². The smallest absolute Gasteiger partial charge is 0.260 e. The van der Waals surface area contributed by atoms with Gasteiger partial charge in [0.25, 0.3) is 5.91 Å². The van der Waals surface area contributed by atoms with Crippen LogP contribution in [0.1, 0.15) is 12.0 Å². The van der Waals surface area contributed by atoms with Gasteiger partial charge in [-0.3, -0.25) is 4.79 Å². The van der Waals surface area contributed by atoms with Gasteiger partial charge in [-0.2, -0.15) is 5.26 Å². The highest BCUT2D eigenvalue weighted by Crippen LogP contribution is 2.24. The summed E-state index contributed by atoms with van der Waals surface area (Å²) >= 11 is 5.98. The molecule has 0 N–H and O–H groups in total. The van der Waals surface area contributed by atoms with Crippen molar-refractivity contribution in [1.29, 1.82) is 5.26 Å². The van der Waals surface area contributed by atoms with Gasteiger partial charge < -0.3 is 9.64 Å². The van der Waals surface area contributed by atoms with Crippen molar-refractivity contribution in [2.24, 2.45) is 0 Å². The number of carbonyl (C=O) groups is 1. The zero-order valence-electron chi connectivity index (χ0n) is 10.4. The largest absolute Gasteiger partial charge is 0.482 e. The molecule has 0 fully saturated rings. The maximum Gasteiger partial charge on any atom is 0.260 e. The summed E-state index contributed by atoms with van der Waals surface area (Å²) in [6.45, 7) is 2.25. The topological polar surface area (TPSA) is 53.3 Å². The second-order valence-corrected chi connectivity index (χ2v) is 4.35. The number of carbonyl (C=O) groups excluding carboxylic acids is 1. The molecule has 0 aliphatic carbocycles. The molecule has 96 valence electrons. The molecule has 0 spiro atoms. The number of hydrogen-bond donors (Lipinski definition) is 0. The summed E-state index contributed by atoms with van der Waals surface area (Å²) in [4.78, 5) is 13.1. The number of ether oxygens (including phenoxy) is 1. The van der Waals surface area contributed by atoms with Crippen LogP contribution in [0, 0.1) is 18.3 Å². The van der Waals surface area contributed by atoms with E-state index in [1.165, 1.54) is 4.90 Å². The molecule has 0 saturated heterocycles. The van der Waals surface area contributed by atoms with E-state index in [1.807, 2.05) is 19.1 Å². The van der Waals surface area contributed by atoms with E-state index in [2.05, 4.69) is 0 Å². The molecule has 0 heterocycles. The van der Waals surface area contributed by atoms with Crippen LogP contribution in [0.3, 0.4) is 0 Å². The van der Waals surface area contributed by atoms with E-state index in [0.29, 0.717) is 23.7 Å². The number of hydrogen-bond acceptors (Lipinski definition) is 3. The molecular formula is C13H15ClN2O2. The minimum atomic E-state index is -0.179. The molecule has 4 nitrogen and oxygen atoms in total. The van der Waals surface area contributed by atoms with E-state index in [9.17, 15) is 4.79 Å². The average molecular weight is 267 g/mol. The van der Waals surface area contributed by atoms with Gasteiger partial charge in [0.1, 0.15) is 5.75 Å². The van der Waals surface area contributed by atoms with Gasteiger partial charge in [-0.1, -0.05) is 17.7 Å². The summed E-state index contributed by atoms with van der Waals surface area (Å²) in [7, 11) is 1.64. The standard InChI is InChI=1S/C13H15ClN2O2/c1-10-4-5-12(11(14)8-10)18-9-13(17)16(2)7-3-6-15/h4-5,8H,3,7,9H2,1-2H3. The number of aryl methyl sites for hydroxylation is 1. The SMILES string of the molecule is Cc1ccc(OCC(=O)N(C)CCC#N)c(Cl)c1. The Balaban J connectivity index is 2.50. The number of rotatable bonds is 5. The molecule has 1 aromatic rings. The van der Waals surface area contributed by atoms with Crippen LogP contribution in [0.2, 0.25) is 5.02 Å². The second kappa shape index (κ2) is 6.87. The zero-order chi connectivity index (χ0) is 13.5. The van der Waals surface area contributed by atoms with Gasteiger partial charge in [-0.05, 0) is 24.6 Å². The summed E-state index contributed by atoms with van der Waals surface area (Å²) in [5.41, 5.74) is 1.03. The first-order chi connectivity index (χ1) is 8.54. The Morgan fingerprint density at radius 2 is 2.28 bits per heavy atom. The fraction of sp³-hybridized carbons (Fsp3) is 0.385. The van der Waals surface area contributed by atoms with Gasteiger partial charge in [0.2, 0.25) is 0 Å². The summed E-state index contributed by atoms with van der Waals surface area (Å²) in [6, 6.07) is 7.37. The molecule has 0 aliphatic rings. The highest BCUT2D eigenvalue weighted by Gasteiger charge is 2.10. The number of halogens is 1. The van der Waals surface area contributed by atoms with Gasteiger partial charge in [0, 0.05) is 13.6 Å². The number of benzene rings is 1. The van der Waals surface area contributed by atoms with Crippen molar-refractivity contribution in [2.75, 3.05) is 20.2 Å². The number of likely N-dealkylation sites (N-methyl/N-ethyl adjacent to an activating group) is 1. The lowest BCUT2D eigenvalue weighted by Gasteiger charge is -2.16.